The van der Waals surface area contributed by atoms with E-state index in [9.17, 15) is 31.5 Å². The van der Waals surface area contributed by atoms with Gasteiger partial charge in [0.05, 0.1) is 16.7 Å². The predicted octanol–water partition coefficient (Wildman–Crippen LogP) is 4.02. The number of carbonyl (C=O) groups excluding carboxylic acids is 2. The standard InChI is InChI=1S/C20H17F5N2O2/c21-12-5-6-15(17(22)11-12)19(29)27-9-7-13(8-10-27)26-18(28)14-3-1-2-4-16(14)20(23,24)25/h1-6,11,13H,7-10H2,(H,26,28). The lowest BCUT2D eigenvalue weighted by atomic mass is 10.0. The van der Waals surface area contributed by atoms with Gasteiger partial charge in [-0.15, -0.1) is 0 Å². The predicted molar refractivity (Wildman–Crippen MR) is 94.2 cm³/mol. The first kappa shape index (κ1) is 20.8. The largest absolute Gasteiger partial charge is 0.417 e. The maximum atomic E-state index is 13.8. The van der Waals surface area contributed by atoms with E-state index in [-0.39, 0.29) is 18.7 Å². The van der Waals surface area contributed by atoms with Crippen LogP contribution in [0.4, 0.5) is 22.0 Å². The molecule has 0 unspecified atom stereocenters. The van der Waals surface area contributed by atoms with Gasteiger partial charge in [-0.25, -0.2) is 8.78 Å². The fourth-order valence-corrected chi connectivity index (χ4v) is 3.25. The van der Waals surface area contributed by atoms with Crippen molar-refractivity contribution in [3.8, 4) is 0 Å². The van der Waals surface area contributed by atoms with Crippen LogP contribution >= 0.6 is 0 Å². The van der Waals surface area contributed by atoms with Crippen molar-refractivity contribution in [3.63, 3.8) is 0 Å². The number of alkyl halides is 3. The molecule has 1 fully saturated rings. The van der Waals surface area contributed by atoms with Gasteiger partial charge in [0.15, 0.2) is 0 Å². The van der Waals surface area contributed by atoms with E-state index in [0.29, 0.717) is 18.9 Å². The molecule has 1 aliphatic rings. The van der Waals surface area contributed by atoms with E-state index in [1.807, 2.05) is 0 Å². The highest BCUT2D eigenvalue weighted by atomic mass is 19.4. The molecular formula is C20H17F5N2O2. The number of piperidine rings is 1. The average Bonchev–Trinajstić information content (AvgIpc) is 2.67. The van der Waals surface area contributed by atoms with Crippen molar-refractivity contribution < 1.29 is 31.5 Å². The summed E-state index contributed by atoms with van der Waals surface area (Å²) >= 11 is 0. The second-order valence-corrected chi connectivity index (χ2v) is 6.71. The van der Waals surface area contributed by atoms with E-state index < -0.39 is 46.8 Å². The molecule has 0 radical (unpaired) electrons. The SMILES string of the molecule is O=C(NC1CCN(C(=O)c2ccc(F)cc2F)CC1)c1ccccc1C(F)(F)F. The Kier molecular flexibility index (Phi) is 5.86. The number of benzene rings is 2. The topological polar surface area (TPSA) is 49.4 Å². The molecule has 1 heterocycles. The zero-order chi connectivity index (χ0) is 21.2. The van der Waals surface area contributed by atoms with Crippen LogP contribution < -0.4 is 5.32 Å². The molecule has 9 heteroatoms. The molecule has 2 aromatic rings. The highest BCUT2D eigenvalue weighted by Gasteiger charge is 2.35. The molecule has 0 atom stereocenters. The van der Waals surface area contributed by atoms with E-state index in [4.69, 9.17) is 0 Å². The zero-order valence-electron chi connectivity index (χ0n) is 15.1. The second-order valence-electron chi connectivity index (χ2n) is 6.71. The Bertz CT molecular complexity index is 921. The summed E-state index contributed by atoms with van der Waals surface area (Å²) in [6.07, 6.45) is -4.05. The summed E-state index contributed by atoms with van der Waals surface area (Å²) in [5, 5.41) is 2.57. The summed E-state index contributed by atoms with van der Waals surface area (Å²) in [5.41, 5.74) is -1.74. The first-order valence-electron chi connectivity index (χ1n) is 8.88. The van der Waals surface area contributed by atoms with Crippen molar-refractivity contribution >= 4 is 11.8 Å². The maximum absolute atomic E-state index is 13.8. The van der Waals surface area contributed by atoms with E-state index in [1.165, 1.54) is 17.0 Å². The molecular weight excluding hydrogens is 395 g/mol. The summed E-state index contributed by atoms with van der Waals surface area (Å²) in [4.78, 5) is 26.1. The lowest BCUT2D eigenvalue weighted by Gasteiger charge is -2.32. The number of nitrogens with zero attached hydrogens (tertiary/aromatic N) is 1. The number of rotatable bonds is 3. The minimum atomic E-state index is -4.65. The molecule has 4 nitrogen and oxygen atoms in total. The van der Waals surface area contributed by atoms with Gasteiger partial charge in [-0.3, -0.25) is 9.59 Å². The van der Waals surface area contributed by atoms with E-state index in [1.54, 1.807) is 0 Å². The van der Waals surface area contributed by atoms with Gasteiger partial charge >= 0.3 is 6.18 Å². The van der Waals surface area contributed by atoms with Crippen molar-refractivity contribution in [1.82, 2.24) is 10.2 Å². The van der Waals surface area contributed by atoms with Gasteiger partial charge in [-0.2, -0.15) is 13.2 Å². The first-order valence-corrected chi connectivity index (χ1v) is 8.88. The summed E-state index contributed by atoms with van der Waals surface area (Å²) in [7, 11) is 0. The van der Waals surface area contributed by atoms with E-state index >= 15 is 0 Å². The Balaban J connectivity index is 1.62. The molecule has 2 aromatic carbocycles. The van der Waals surface area contributed by atoms with Crippen LogP contribution in [-0.4, -0.2) is 35.8 Å². The quantitative estimate of drug-likeness (QED) is 0.775. The van der Waals surface area contributed by atoms with Crippen molar-refractivity contribution in [3.05, 3.63) is 70.8 Å². The minimum Gasteiger partial charge on any atom is -0.349 e. The normalized spacial score (nSPS) is 15.3. The van der Waals surface area contributed by atoms with Crippen molar-refractivity contribution in [2.45, 2.75) is 25.1 Å². The minimum absolute atomic E-state index is 0.182. The summed E-state index contributed by atoms with van der Waals surface area (Å²) < 4.78 is 66.0. The van der Waals surface area contributed by atoms with Gasteiger partial charge in [0.25, 0.3) is 11.8 Å². The molecule has 1 N–H and O–H groups in total. The van der Waals surface area contributed by atoms with Crippen LogP contribution in [0.15, 0.2) is 42.5 Å². The highest BCUT2D eigenvalue weighted by molar-refractivity contribution is 5.96. The van der Waals surface area contributed by atoms with Gasteiger partial charge in [0.1, 0.15) is 11.6 Å². The second kappa shape index (κ2) is 8.18. The van der Waals surface area contributed by atoms with Crippen LogP contribution in [0.25, 0.3) is 0 Å². The fraction of sp³-hybridized carbons (Fsp3) is 0.300. The molecule has 0 spiro atoms. The summed E-state index contributed by atoms with van der Waals surface area (Å²) in [5.74, 6) is -3.20. The highest BCUT2D eigenvalue weighted by Crippen LogP contribution is 2.32. The van der Waals surface area contributed by atoms with Gasteiger partial charge in [-0.1, -0.05) is 12.1 Å². The Morgan fingerprint density at radius 2 is 1.62 bits per heavy atom. The Morgan fingerprint density at radius 3 is 2.24 bits per heavy atom. The number of hydrogen-bond donors (Lipinski definition) is 1. The van der Waals surface area contributed by atoms with Crippen LogP contribution in [0.3, 0.4) is 0 Å². The fourth-order valence-electron chi connectivity index (χ4n) is 3.25. The van der Waals surface area contributed by atoms with Crippen molar-refractivity contribution in [2.24, 2.45) is 0 Å². The zero-order valence-corrected chi connectivity index (χ0v) is 15.1. The summed E-state index contributed by atoms with van der Waals surface area (Å²) in [6.45, 7) is 0.364. The molecule has 1 saturated heterocycles. The van der Waals surface area contributed by atoms with Crippen LogP contribution in [0.1, 0.15) is 39.1 Å². The third kappa shape index (κ3) is 4.72. The smallest absolute Gasteiger partial charge is 0.349 e. The number of nitrogens with one attached hydrogen (secondary N) is 1. The van der Waals surface area contributed by atoms with Gasteiger partial charge in [0, 0.05) is 25.2 Å². The van der Waals surface area contributed by atoms with Crippen molar-refractivity contribution in [1.29, 1.82) is 0 Å². The van der Waals surface area contributed by atoms with Crippen LogP contribution in [0, 0.1) is 11.6 Å². The lowest BCUT2D eigenvalue weighted by Crippen LogP contribution is -2.47. The molecule has 3 rings (SSSR count). The molecule has 0 aliphatic carbocycles. The molecule has 1 aliphatic heterocycles. The Hall–Kier alpha value is -2.97. The molecule has 2 amide bonds. The maximum Gasteiger partial charge on any atom is 0.417 e. The van der Waals surface area contributed by atoms with Crippen LogP contribution in [0.5, 0.6) is 0 Å². The molecule has 29 heavy (non-hydrogen) atoms. The Morgan fingerprint density at radius 1 is 0.966 bits per heavy atom. The Labute approximate surface area is 163 Å². The molecule has 0 bridgehead atoms. The van der Waals surface area contributed by atoms with Crippen molar-refractivity contribution in [2.75, 3.05) is 13.1 Å². The van der Waals surface area contributed by atoms with Gasteiger partial charge < -0.3 is 10.2 Å². The molecule has 154 valence electrons. The van der Waals surface area contributed by atoms with Gasteiger partial charge in [-0.05, 0) is 37.1 Å². The third-order valence-corrected chi connectivity index (χ3v) is 4.76. The number of likely N-dealkylation sites (tertiary alicyclic amines) is 1. The first-order chi connectivity index (χ1) is 13.7. The molecule has 0 saturated carbocycles. The number of hydrogen-bond acceptors (Lipinski definition) is 2. The number of amides is 2. The number of halogens is 5. The van der Waals surface area contributed by atoms with E-state index in [0.717, 1.165) is 24.3 Å². The van der Waals surface area contributed by atoms with Gasteiger partial charge in [0.2, 0.25) is 0 Å². The monoisotopic (exact) mass is 412 g/mol. The third-order valence-electron chi connectivity index (χ3n) is 4.76. The molecule has 0 aromatic heterocycles. The lowest BCUT2D eigenvalue weighted by molar-refractivity contribution is -0.137. The van der Waals surface area contributed by atoms with Crippen LogP contribution in [-0.2, 0) is 6.18 Å². The summed E-state index contributed by atoms with van der Waals surface area (Å²) in [6, 6.07) is 6.75. The number of carbonyl (C=O) groups is 2. The van der Waals surface area contributed by atoms with E-state index in [2.05, 4.69) is 5.32 Å². The average molecular weight is 412 g/mol. The van der Waals surface area contributed by atoms with Crippen LogP contribution in [0.2, 0.25) is 0 Å².